The normalized spacial score (nSPS) is 15.4. The van der Waals surface area contributed by atoms with Crippen LogP contribution in [-0.2, 0) is 22.2 Å². The number of halogens is 3. The average molecular weight is 464 g/mol. The molecule has 1 saturated heterocycles. The van der Waals surface area contributed by atoms with Crippen LogP contribution in [0.5, 0.6) is 5.75 Å². The van der Waals surface area contributed by atoms with E-state index in [1.807, 2.05) is 0 Å². The maximum atomic E-state index is 12.8. The molecule has 0 aromatic heterocycles. The molecule has 6 nitrogen and oxygen atoms in total. The van der Waals surface area contributed by atoms with E-state index in [-0.39, 0.29) is 30.0 Å². The van der Waals surface area contributed by atoms with Crippen molar-refractivity contribution >= 4 is 34.9 Å². The summed E-state index contributed by atoms with van der Waals surface area (Å²) >= 11 is 0.800. The third-order valence-corrected chi connectivity index (χ3v) is 5.47. The molecule has 10 heteroatoms. The van der Waals surface area contributed by atoms with Gasteiger partial charge in [0.05, 0.1) is 24.0 Å². The van der Waals surface area contributed by atoms with Crippen LogP contribution in [-0.4, -0.2) is 42.2 Å². The van der Waals surface area contributed by atoms with Gasteiger partial charge in [-0.25, -0.2) is 0 Å². The minimum atomic E-state index is -4.49. The fourth-order valence-electron chi connectivity index (χ4n) is 2.96. The van der Waals surface area contributed by atoms with Gasteiger partial charge in [-0.2, -0.15) is 13.2 Å². The van der Waals surface area contributed by atoms with Crippen LogP contribution in [0, 0.1) is 0 Å². The van der Waals surface area contributed by atoms with Gasteiger partial charge in [0.2, 0.25) is 5.91 Å². The van der Waals surface area contributed by atoms with Crippen LogP contribution in [0.15, 0.2) is 53.4 Å². The standard InChI is InChI=1S/C22H19F3N2O4S/c1-31-17-7-5-14(6-8-17)12-18-20(29)27(21(30)32-18)10-9-26-19(28)13-15-3-2-4-16(11-15)22(23,24)25/h2-8,11-12H,9-10,13H2,1H3,(H,26,28). The Bertz CT molecular complexity index is 1050. The minimum absolute atomic E-state index is 0.00828. The second-order valence-corrected chi connectivity index (χ2v) is 7.82. The molecule has 1 fully saturated rings. The molecule has 0 unspecified atom stereocenters. The van der Waals surface area contributed by atoms with Gasteiger partial charge in [0.25, 0.3) is 11.1 Å². The summed E-state index contributed by atoms with van der Waals surface area (Å²) in [5.74, 6) is -0.316. The third-order valence-electron chi connectivity index (χ3n) is 4.56. The summed E-state index contributed by atoms with van der Waals surface area (Å²) in [5.41, 5.74) is 0.112. The van der Waals surface area contributed by atoms with Gasteiger partial charge >= 0.3 is 6.18 Å². The van der Waals surface area contributed by atoms with Gasteiger partial charge in [-0.05, 0) is 47.2 Å². The number of ether oxygens (including phenoxy) is 1. The number of hydrogen-bond donors (Lipinski definition) is 1. The summed E-state index contributed by atoms with van der Waals surface area (Å²) in [7, 11) is 1.54. The van der Waals surface area contributed by atoms with Gasteiger partial charge < -0.3 is 10.1 Å². The van der Waals surface area contributed by atoms with Crippen molar-refractivity contribution in [2.45, 2.75) is 12.6 Å². The summed E-state index contributed by atoms with van der Waals surface area (Å²) in [6.45, 7) is -0.0510. The zero-order chi connectivity index (χ0) is 23.3. The number of amides is 3. The van der Waals surface area contributed by atoms with E-state index in [1.54, 1.807) is 37.5 Å². The van der Waals surface area contributed by atoms with Gasteiger partial charge in [0.1, 0.15) is 5.75 Å². The number of methoxy groups -OCH3 is 1. The van der Waals surface area contributed by atoms with Crippen LogP contribution in [0.2, 0.25) is 0 Å². The van der Waals surface area contributed by atoms with Crippen LogP contribution in [0.1, 0.15) is 16.7 Å². The minimum Gasteiger partial charge on any atom is -0.497 e. The Kier molecular flexibility index (Phi) is 7.24. The molecule has 0 atom stereocenters. The Balaban J connectivity index is 1.53. The number of benzene rings is 2. The molecule has 2 aromatic rings. The summed E-state index contributed by atoms with van der Waals surface area (Å²) in [6.07, 6.45) is -3.14. The molecule has 1 aliphatic rings. The smallest absolute Gasteiger partial charge is 0.416 e. The van der Waals surface area contributed by atoms with Crippen LogP contribution in [0.4, 0.5) is 18.0 Å². The van der Waals surface area contributed by atoms with Gasteiger partial charge in [0.15, 0.2) is 0 Å². The summed E-state index contributed by atoms with van der Waals surface area (Å²) in [5, 5.41) is 2.07. The second-order valence-electron chi connectivity index (χ2n) is 6.83. The van der Waals surface area contributed by atoms with E-state index in [2.05, 4.69) is 5.32 Å². The van der Waals surface area contributed by atoms with Crippen LogP contribution in [0.3, 0.4) is 0 Å². The first-order chi connectivity index (χ1) is 15.2. The predicted octanol–water partition coefficient (Wildman–Crippen LogP) is 4.11. The van der Waals surface area contributed by atoms with Crippen LogP contribution < -0.4 is 10.1 Å². The van der Waals surface area contributed by atoms with Crippen LogP contribution >= 0.6 is 11.8 Å². The summed E-state index contributed by atoms with van der Waals surface area (Å²) in [6, 6.07) is 11.5. The first-order valence-corrected chi connectivity index (χ1v) is 10.3. The maximum absolute atomic E-state index is 12.8. The molecular formula is C22H19F3N2O4S. The molecule has 1 N–H and O–H groups in total. The lowest BCUT2D eigenvalue weighted by Gasteiger charge is -2.13. The summed E-state index contributed by atoms with van der Waals surface area (Å²) in [4.78, 5) is 38.0. The monoisotopic (exact) mass is 464 g/mol. The molecule has 1 aliphatic heterocycles. The lowest BCUT2D eigenvalue weighted by atomic mass is 10.1. The molecule has 2 aromatic carbocycles. The van der Waals surface area contributed by atoms with Gasteiger partial charge in [-0.3, -0.25) is 19.3 Å². The highest BCUT2D eigenvalue weighted by Gasteiger charge is 2.34. The Morgan fingerprint density at radius 2 is 1.88 bits per heavy atom. The van der Waals surface area contributed by atoms with Crippen molar-refractivity contribution in [3.05, 3.63) is 70.1 Å². The zero-order valence-corrected chi connectivity index (χ0v) is 17.8. The van der Waals surface area contributed by atoms with Crippen molar-refractivity contribution in [2.24, 2.45) is 0 Å². The van der Waals surface area contributed by atoms with E-state index in [1.165, 1.54) is 12.1 Å². The Morgan fingerprint density at radius 1 is 1.16 bits per heavy atom. The molecule has 32 heavy (non-hydrogen) atoms. The lowest BCUT2D eigenvalue weighted by molar-refractivity contribution is -0.137. The molecular weight excluding hydrogens is 445 g/mol. The van der Waals surface area contributed by atoms with E-state index in [9.17, 15) is 27.6 Å². The number of nitrogens with one attached hydrogen (secondary N) is 1. The Labute approximate surface area is 186 Å². The van der Waals surface area contributed by atoms with Crippen molar-refractivity contribution in [1.82, 2.24) is 10.2 Å². The van der Waals surface area contributed by atoms with Crippen LogP contribution in [0.25, 0.3) is 6.08 Å². The molecule has 0 radical (unpaired) electrons. The molecule has 168 valence electrons. The van der Waals surface area contributed by atoms with Crippen molar-refractivity contribution < 1.29 is 32.3 Å². The highest BCUT2D eigenvalue weighted by Crippen LogP contribution is 2.32. The second kappa shape index (κ2) is 9.90. The van der Waals surface area contributed by atoms with Gasteiger partial charge in [-0.15, -0.1) is 0 Å². The number of alkyl halides is 3. The number of nitrogens with zero attached hydrogens (tertiary/aromatic N) is 1. The number of thioether (sulfide) groups is 1. The van der Waals surface area contributed by atoms with E-state index < -0.39 is 28.8 Å². The lowest BCUT2D eigenvalue weighted by Crippen LogP contribution is -2.37. The fraction of sp³-hybridized carbons (Fsp3) is 0.227. The molecule has 0 aliphatic carbocycles. The number of imide groups is 1. The largest absolute Gasteiger partial charge is 0.497 e. The first kappa shape index (κ1) is 23.4. The van der Waals surface area contributed by atoms with Gasteiger partial charge in [0, 0.05) is 13.1 Å². The van der Waals surface area contributed by atoms with E-state index >= 15 is 0 Å². The topological polar surface area (TPSA) is 75.7 Å². The third kappa shape index (κ3) is 5.91. The quantitative estimate of drug-likeness (QED) is 0.625. The highest BCUT2D eigenvalue weighted by atomic mass is 32.2. The number of carbonyl (C=O) groups excluding carboxylic acids is 3. The highest BCUT2D eigenvalue weighted by molar-refractivity contribution is 8.18. The van der Waals surface area contributed by atoms with E-state index in [0.29, 0.717) is 5.75 Å². The Morgan fingerprint density at radius 3 is 2.53 bits per heavy atom. The van der Waals surface area contributed by atoms with Crippen molar-refractivity contribution in [2.75, 3.05) is 20.2 Å². The van der Waals surface area contributed by atoms with E-state index in [4.69, 9.17) is 4.74 Å². The number of carbonyl (C=O) groups is 3. The van der Waals surface area contributed by atoms with E-state index in [0.717, 1.165) is 34.4 Å². The maximum Gasteiger partial charge on any atom is 0.416 e. The molecule has 3 amide bonds. The molecule has 0 spiro atoms. The van der Waals surface area contributed by atoms with Crippen molar-refractivity contribution in [1.29, 1.82) is 0 Å². The molecule has 0 bridgehead atoms. The van der Waals surface area contributed by atoms with Crippen molar-refractivity contribution in [3.63, 3.8) is 0 Å². The zero-order valence-electron chi connectivity index (χ0n) is 16.9. The number of rotatable bonds is 7. The average Bonchev–Trinajstić information content (AvgIpc) is 3.01. The van der Waals surface area contributed by atoms with Crippen molar-refractivity contribution in [3.8, 4) is 5.75 Å². The summed E-state index contributed by atoms with van der Waals surface area (Å²) < 4.78 is 43.4. The number of hydrogen-bond acceptors (Lipinski definition) is 5. The predicted molar refractivity (Wildman–Crippen MR) is 114 cm³/mol. The molecule has 3 rings (SSSR count). The Hall–Kier alpha value is -3.27. The molecule has 0 saturated carbocycles. The van der Waals surface area contributed by atoms with Gasteiger partial charge in [-0.1, -0.05) is 30.3 Å². The molecule has 1 heterocycles. The SMILES string of the molecule is COc1ccc(C=C2SC(=O)N(CCNC(=O)Cc3cccc(C(F)(F)F)c3)C2=O)cc1. The fourth-order valence-corrected chi connectivity index (χ4v) is 3.82. The first-order valence-electron chi connectivity index (χ1n) is 9.49.